The molecule has 0 aliphatic carbocycles. The Morgan fingerprint density at radius 3 is 1.77 bits per heavy atom. The summed E-state index contributed by atoms with van der Waals surface area (Å²) in [7, 11) is 0. The third kappa shape index (κ3) is 3.03. The van der Waals surface area contributed by atoms with E-state index in [1.807, 2.05) is 45.8 Å². The summed E-state index contributed by atoms with van der Waals surface area (Å²) >= 11 is 0. The third-order valence-electron chi connectivity index (χ3n) is 5.95. The lowest BCUT2D eigenvalue weighted by Crippen LogP contribution is -2.37. The van der Waals surface area contributed by atoms with Gasteiger partial charge in [0.2, 0.25) is 0 Å². The molecule has 0 saturated carbocycles. The number of aromatic nitrogens is 6. The van der Waals surface area contributed by atoms with Crippen molar-refractivity contribution in [2.24, 2.45) is 0 Å². The van der Waals surface area contributed by atoms with Gasteiger partial charge in [0.1, 0.15) is 23.4 Å². The topological polar surface area (TPSA) is 76.7 Å². The lowest BCUT2D eigenvalue weighted by Gasteiger charge is -2.31. The minimum absolute atomic E-state index is 0.0123. The molecule has 2 aromatic heterocycles. The van der Waals surface area contributed by atoms with E-state index >= 15 is 0 Å². The van der Waals surface area contributed by atoms with Gasteiger partial charge in [-0.25, -0.2) is 9.36 Å². The molecule has 8 nitrogen and oxygen atoms in total. The second kappa shape index (κ2) is 7.17. The van der Waals surface area contributed by atoms with E-state index in [2.05, 4.69) is 74.4 Å². The Hall–Kier alpha value is -3.78. The molecule has 1 aliphatic heterocycles. The van der Waals surface area contributed by atoms with Crippen LogP contribution in [0.2, 0.25) is 0 Å². The van der Waals surface area contributed by atoms with Crippen LogP contribution in [-0.2, 0) is 0 Å². The first-order chi connectivity index (χ1) is 15.3. The summed E-state index contributed by atoms with van der Waals surface area (Å²) in [6, 6.07) is 24.6. The number of nitrogens with one attached hydrogen (secondary N) is 1. The van der Waals surface area contributed by atoms with E-state index in [1.54, 1.807) is 0 Å². The SMILES string of the molecule is Cc1ccc(NN2C(n3nnc4ccccc43)CCC2n2nnc3ccccc32)cc1. The number of anilines is 1. The number of hydrogen-bond acceptors (Lipinski definition) is 6. The molecule has 1 aliphatic rings. The van der Waals surface area contributed by atoms with Crippen LogP contribution in [0.4, 0.5) is 5.69 Å². The van der Waals surface area contributed by atoms with Crippen molar-refractivity contribution in [1.29, 1.82) is 0 Å². The van der Waals surface area contributed by atoms with Crippen LogP contribution in [0.5, 0.6) is 0 Å². The monoisotopic (exact) mass is 410 g/mol. The molecule has 154 valence electrons. The molecule has 1 fully saturated rings. The third-order valence-corrected chi connectivity index (χ3v) is 5.95. The summed E-state index contributed by atoms with van der Waals surface area (Å²) in [5.74, 6) is 0. The zero-order valence-electron chi connectivity index (χ0n) is 17.1. The first-order valence-corrected chi connectivity index (χ1v) is 10.5. The van der Waals surface area contributed by atoms with Crippen LogP contribution < -0.4 is 5.43 Å². The number of aryl methyl sites for hydroxylation is 1. The highest BCUT2D eigenvalue weighted by Gasteiger charge is 2.38. The van der Waals surface area contributed by atoms with E-state index < -0.39 is 0 Å². The average molecular weight is 410 g/mol. The summed E-state index contributed by atoms with van der Waals surface area (Å²) in [4.78, 5) is 0. The predicted molar refractivity (Wildman–Crippen MR) is 119 cm³/mol. The zero-order valence-corrected chi connectivity index (χ0v) is 17.1. The van der Waals surface area contributed by atoms with Crippen molar-refractivity contribution in [1.82, 2.24) is 35.0 Å². The Morgan fingerprint density at radius 1 is 0.710 bits per heavy atom. The highest BCUT2D eigenvalue weighted by molar-refractivity contribution is 5.74. The van der Waals surface area contributed by atoms with E-state index in [1.165, 1.54) is 5.56 Å². The van der Waals surface area contributed by atoms with E-state index in [-0.39, 0.29) is 12.3 Å². The fraction of sp³-hybridized carbons (Fsp3) is 0.217. The van der Waals surface area contributed by atoms with Crippen molar-refractivity contribution in [3.63, 3.8) is 0 Å². The fourth-order valence-corrected chi connectivity index (χ4v) is 4.40. The molecule has 2 unspecified atom stereocenters. The van der Waals surface area contributed by atoms with Gasteiger partial charge in [-0.3, -0.25) is 0 Å². The van der Waals surface area contributed by atoms with Gasteiger partial charge < -0.3 is 5.43 Å². The summed E-state index contributed by atoms with van der Waals surface area (Å²) in [5, 5.41) is 20.0. The molecule has 2 atom stereocenters. The van der Waals surface area contributed by atoms with Crippen molar-refractivity contribution >= 4 is 27.8 Å². The van der Waals surface area contributed by atoms with Gasteiger partial charge in [-0.15, -0.1) is 10.2 Å². The van der Waals surface area contributed by atoms with E-state index in [9.17, 15) is 0 Å². The Balaban J connectivity index is 1.44. The molecule has 3 heterocycles. The number of rotatable bonds is 4. The molecule has 0 radical (unpaired) electrons. The van der Waals surface area contributed by atoms with Crippen molar-refractivity contribution in [3.05, 3.63) is 78.4 Å². The van der Waals surface area contributed by atoms with Crippen LogP contribution in [0, 0.1) is 6.92 Å². The van der Waals surface area contributed by atoms with Crippen molar-refractivity contribution < 1.29 is 0 Å². The summed E-state index contributed by atoms with van der Waals surface area (Å²) in [6.07, 6.45) is 1.79. The molecule has 0 amide bonds. The lowest BCUT2D eigenvalue weighted by atomic mass is 10.2. The van der Waals surface area contributed by atoms with Crippen LogP contribution in [0.3, 0.4) is 0 Å². The molecule has 31 heavy (non-hydrogen) atoms. The smallest absolute Gasteiger partial charge is 0.126 e. The molecule has 0 bridgehead atoms. The molecule has 1 N–H and O–H groups in total. The van der Waals surface area contributed by atoms with Gasteiger partial charge in [-0.1, -0.05) is 52.4 Å². The predicted octanol–water partition coefficient (Wildman–Crippen LogP) is 4.30. The highest BCUT2D eigenvalue weighted by atomic mass is 15.7. The van der Waals surface area contributed by atoms with Gasteiger partial charge in [0.05, 0.1) is 11.0 Å². The van der Waals surface area contributed by atoms with Gasteiger partial charge >= 0.3 is 0 Å². The first kappa shape index (κ1) is 18.0. The minimum atomic E-state index is -0.0123. The molecule has 0 spiro atoms. The highest BCUT2D eigenvalue weighted by Crippen LogP contribution is 2.39. The lowest BCUT2D eigenvalue weighted by molar-refractivity contribution is 0.127. The Morgan fingerprint density at radius 2 is 1.23 bits per heavy atom. The molecular weight excluding hydrogens is 388 g/mol. The van der Waals surface area contributed by atoms with Gasteiger partial charge in [0, 0.05) is 5.69 Å². The van der Waals surface area contributed by atoms with E-state index in [0.717, 1.165) is 40.6 Å². The molecule has 3 aromatic carbocycles. The van der Waals surface area contributed by atoms with Crippen molar-refractivity contribution in [2.45, 2.75) is 32.1 Å². The summed E-state index contributed by atoms with van der Waals surface area (Å²) in [6.45, 7) is 2.09. The molecule has 6 rings (SSSR count). The normalized spacial score (nSPS) is 19.4. The average Bonchev–Trinajstić information content (AvgIpc) is 3.51. The summed E-state index contributed by atoms with van der Waals surface area (Å²) in [5.41, 5.74) is 9.71. The van der Waals surface area contributed by atoms with E-state index in [4.69, 9.17) is 0 Å². The van der Waals surface area contributed by atoms with Crippen molar-refractivity contribution in [3.8, 4) is 0 Å². The standard InChI is InChI=1S/C23H22N8/c1-16-10-12-17(13-11-16)26-31-22(29-20-8-4-2-6-18(20)24-27-29)14-15-23(31)30-21-9-5-3-7-19(21)25-28-30/h2-13,22-23,26H,14-15H2,1H3. The Kier molecular flexibility index (Phi) is 4.17. The first-order valence-electron chi connectivity index (χ1n) is 10.5. The fourth-order valence-electron chi connectivity index (χ4n) is 4.40. The molecule has 5 aromatic rings. The maximum atomic E-state index is 4.50. The second-order valence-electron chi connectivity index (χ2n) is 7.97. The van der Waals surface area contributed by atoms with Gasteiger partial charge in [-0.05, 0) is 56.2 Å². The molecule has 1 saturated heterocycles. The van der Waals surface area contributed by atoms with Crippen LogP contribution in [0.25, 0.3) is 22.1 Å². The van der Waals surface area contributed by atoms with E-state index in [0.29, 0.717) is 0 Å². The maximum Gasteiger partial charge on any atom is 0.126 e. The Labute approximate surface area is 179 Å². The number of hydrazine groups is 1. The largest absolute Gasteiger partial charge is 0.315 e. The number of hydrogen-bond donors (Lipinski definition) is 1. The number of para-hydroxylation sites is 2. The van der Waals surface area contributed by atoms with Gasteiger partial charge in [-0.2, -0.15) is 5.01 Å². The van der Waals surface area contributed by atoms with Crippen LogP contribution >= 0.6 is 0 Å². The van der Waals surface area contributed by atoms with Crippen LogP contribution in [-0.4, -0.2) is 35.0 Å². The molecule has 8 heteroatoms. The molecular formula is C23H22N8. The van der Waals surface area contributed by atoms with Gasteiger partial charge in [0.25, 0.3) is 0 Å². The zero-order chi connectivity index (χ0) is 20.8. The van der Waals surface area contributed by atoms with Crippen LogP contribution in [0.1, 0.15) is 30.7 Å². The van der Waals surface area contributed by atoms with Crippen LogP contribution in [0.15, 0.2) is 72.8 Å². The minimum Gasteiger partial charge on any atom is -0.315 e. The Bertz CT molecular complexity index is 1270. The summed E-state index contributed by atoms with van der Waals surface area (Å²) < 4.78 is 4.02. The number of nitrogens with zero attached hydrogens (tertiary/aromatic N) is 7. The number of fused-ring (bicyclic) bond motifs is 2. The second-order valence-corrected chi connectivity index (χ2v) is 7.97. The van der Waals surface area contributed by atoms with Crippen molar-refractivity contribution in [2.75, 3.05) is 5.43 Å². The number of benzene rings is 3. The quantitative estimate of drug-likeness (QED) is 0.476. The maximum absolute atomic E-state index is 4.50. The van der Waals surface area contributed by atoms with Gasteiger partial charge in [0.15, 0.2) is 0 Å².